The van der Waals surface area contributed by atoms with E-state index in [1.165, 1.54) is 5.57 Å². The lowest BCUT2D eigenvalue weighted by Gasteiger charge is -2.16. The topological polar surface area (TPSA) is 54.9 Å². The minimum Gasteiger partial charge on any atom is -0.344 e. The number of carbonyl (C=O) groups is 1. The largest absolute Gasteiger partial charge is 0.344 e. The van der Waals surface area contributed by atoms with E-state index in [4.69, 9.17) is 9.97 Å². The van der Waals surface area contributed by atoms with E-state index < -0.39 is 0 Å². The fourth-order valence-electron chi connectivity index (χ4n) is 2.69. The highest BCUT2D eigenvalue weighted by Gasteiger charge is 2.15. The maximum absolute atomic E-state index is 10.4. The average Bonchev–Trinajstić information content (AvgIpc) is 2.66. The molecular formula is C22H33N3OS. The van der Waals surface area contributed by atoms with Gasteiger partial charge >= 0.3 is 0 Å². The summed E-state index contributed by atoms with van der Waals surface area (Å²) in [4.78, 5) is 21.1. The first-order valence-corrected chi connectivity index (χ1v) is 10.8. The third kappa shape index (κ3) is 7.33. The van der Waals surface area contributed by atoms with Crippen LogP contribution in [0.25, 0.3) is 4.91 Å². The van der Waals surface area contributed by atoms with Gasteiger partial charge in [-0.15, -0.1) is 11.8 Å². The molecule has 0 saturated heterocycles. The fraction of sp³-hybridized carbons (Fsp3) is 0.500. The molecule has 1 aromatic rings. The van der Waals surface area contributed by atoms with E-state index in [2.05, 4.69) is 44.3 Å². The van der Waals surface area contributed by atoms with Crippen molar-refractivity contribution in [3.63, 3.8) is 0 Å². The molecule has 0 aromatic carbocycles. The highest BCUT2D eigenvalue weighted by Crippen LogP contribution is 2.32. The van der Waals surface area contributed by atoms with Crippen LogP contribution in [0.4, 0.5) is 5.82 Å². The van der Waals surface area contributed by atoms with E-state index in [0.29, 0.717) is 6.42 Å². The summed E-state index contributed by atoms with van der Waals surface area (Å²) in [5.41, 5.74) is 4.50. The number of allylic oxidation sites excluding steroid dienone is 4. The predicted octanol–water partition coefficient (Wildman–Crippen LogP) is 6.09. The third-order valence-electron chi connectivity index (χ3n) is 4.08. The van der Waals surface area contributed by atoms with Crippen molar-refractivity contribution in [2.75, 3.05) is 11.1 Å². The van der Waals surface area contributed by atoms with Gasteiger partial charge in [-0.05, 0) is 46.1 Å². The van der Waals surface area contributed by atoms with E-state index in [-0.39, 0.29) is 0 Å². The molecule has 0 aliphatic carbocycles. The van der Waals surface area contributed by atoms with Crippen molar-refractivity contribution >= 4 is 28.8 Å². The molecule has 1 N–H and O–H groups in total. The molecule has 5 heteroatoms. The lowest BCUT2D eigenvalue weighted by Crippen LogP contribution is -2.09. The maximum Gasteiger partial charge on any atom is 0.168 e. The summed E-state index contributed by atoms with van der Waals surface area (Å²) < 4.78 is 0. The average molecular weight is 388 g/mol. The number of anilines is 1. The zero-order valence-electron chi connectivity index (χ0n) is 17.6. The lowest BCUT2D eigenvalue weighted by atomic mass is 10.1. The van der Waals surface area contributed by atoms with E-state index in [0.717, 1.165) is 64.8 Å². The van der Waals surface area contributed by atoms with Gasteiger partial charge in [0.05, 0.1) is 4.91 Å². The van der Waals surface area contributed by atoms with Gasteiger partial charge in [0.1, 0.15) is 12.1 Å². The normalized spacial score (nSPS) is 13.9. The van der Waals surface area contributed by atoms with Crippen molar-refractivity contribution in [1.82, 2.24) is 9.97 Å². The second-order valence-corrected chi connectivity index (χ2v) is 7.25. The molecule has 4 nitrogen and oxygen atoms in total. The van der Waals surface area contributed by atoms with Gasteiger partial charge in [-0.2, -0.15) is 0 Å². The molecule has 0 radical (unpaired) electrons. The molecule has 0 fully saturated rings. The number of aromatic nitrogens is 2. The first kappa shape index (κ1) is 23.2. The Morgan fingerprint density at radius 1 is 1.26 bits per heavy atom. The maximum atomic E-state index is 10.4. The van der Waals surface area contributed by atoms with Crippen molar-refractivity contribution in [3.8, 4) is 0 Å². The molecule has 0 bridgehead atoms. The number of rotatable bonds is 8. The van der Waals surface area contributed by atoms with Crippen LogP contribution in [0.15, 0.2) is 29.5 Å². The molecule has 27 heavy (non-hydrogen) atoms. The van der Waals surface area contributed by atoms with Gasteiger partial charge in [0.2, 0.25) is 0 Å². The smallest absolute Gasteiger partial charge is 0.168 e. The minimum atomic E-state index is 0.610. The van der Waals surface area contributed by atoms with Gasteiger partial charge in [0.25, 0.3) is 0 Å². The van der Waals surface area contributed by atoms with Gasteiger partial charge in [-0.3, -0.25) is 0 Å². The Hall–Kier alpha value is -1.88. The molecule has 1 aliphatic rings. The van der Waals surface area contributed by atoms with Crippen molar-refractivity contribution in [3.05, 3.63) is 46.6 Å². The molecule has 148 valence electrons. The molecule has 0 unspecified atom stereocenters. The van der Waals surface area contributed by atoms with E-state index in [9.17, 15) is 4.79 Å². The number of carbonyl (C=O) groups excluding carboxylic acids is 1. The highest BCUT2D eigenvalue weighted by atomic mass is 32.2. The number of aryl methyl sites for hydroxylation is 1. The van der Waals surface area contributed by atoms with Crippen LogP contribution in [0, 0.1) is 6.92 Å². The first-order valence-electron chi connectivity index (χ1n) is 9.81. The second kappa shape index (κ2) is 12.5. The highest BCUT2D eigenvalue weighted by molar-refractivity contribution is 8.08. The summed E-state index contributed by atoms with van der Waals surface area (Å²) >= 11 is 1.77. The molecule has 0 spiro atoms. The van der Waals surface area contributed by atoms with Crippen LogP contribution in [0.3, 0.4) is 0 Å². The lowest BCUT2D eigenvalue weighted by molar-refractivity contribution is -0.107. The Labute approximate surface area is 168 Å². The third-order valence-corrected chi connectivity index (χ3v) is 5.03. The summed E-state index contributed by atoms with van der Waals surface area (Å²) in [7, 11) is 0. The number of nitrogens with zero attached hydrogens (tertiary/aromatic N) is 2. The predicted molar refractivity (Wildman–Crippen MR) is 119 cm³/mol. The van der Waals surface area contributed by atoms with Crippen LogP contribution in [0.2, 0.25) is 0 Å². The van der Waals surface area contributed by atoms with Crippen molar-refractivity contribution < 1.29 is 4.79 Å². The number of aldehydes is 1. The van der Waals surface area contributed by atoms with Gasteiger partial charge < -0.3 is 10.1 Å². The van der Waals surface area contributed by atoms with Crippen molar-refractivity contribution in [2.45, 2.75) is 67.2 Å². The summed E-state index contributed by atoms with van der Waals surface area (Å²) in [6.45, 7) is 12.3. The zero-order valence-corrected chi connectivity index (χ0v) is 18.4. The molecule has 1 aliphatic heterocycles. The number of hydrogen-bond acceptors (Lipinski definition) is 5. The molecule has 1 aromatic heterocycles. The van der Waals surface area contributed by atoms with Crippen molar-refractivity contribution in [1.29, 1.82) is 0 Å². The Morgan fingerprint density at radius 3 is 2.63 bits per heavy atom. The van der Waals surface area contributed by atoms with E-state index in [1.807, 2.05) is 20.8 Å². The Kier molecular flexibility index (Phi) is 10.7. The van der Waals surface area contributed by atoms with Crippen LogP contribution >= 0.6 is 11.8 Å². The first-order chi connectivity index (χ1) is 13.0. The van der Waals surface area contributed by atoms with E-state index >= 15 is 0 Å². The van der Waals surface area contributed by atoms with Crippen LogP contribution in [-0.2, 0) is 11.2 Å². The summed E-state index contributed by atoms with van der Waals surface area (Å²) in [5, 5.41) is 3.44. The molecule has 2 heterocycles. The van der Waals surface area contributed by atoms with Crippen LogP contribution in [-0.4, -0.2) is 22.0 Å². The second-order valence-electron chi connectivity index (χ2n) is 6.19. The standard InChI is InChI=1S/C20H27N3OS.C2H6/c1-5-17-16(4)22-20(18-13-14(2)10-12-25-18)23-19(17)21-15(3)9-7-6-8-11-24;1-2/h9-11,13H,5-8,12H2,1-4H3,(H,21,22,23);1-2H3/b15-9+;. The van der Waals surface area contributed by atoms with Crippen LogP contribution in [0.5, 0.6) is 0 Å². The Bertz CT molecular complexity index is 721. The summed E-state index contributed by atoms with van der Waals surface area (Å²) in [5.74, 6) is 2.65. The SMILES string of the molecule is CC.CCc1c(C)nc(C2=CC(C)=CCS2)nc1N/C(C)=C/CCCC=O. The van der Waals surface area contributed by atoms with E-state index in [1.54, 1.807) is 11.8 Å². The number of unbranched alkanes of at least 4 members (excludes halogenated alkanes) is 2. The number of nitrogens with one attached hydrogen (secondary N) is 1. The van der Waals surface area contributed by atoms with Gasteiger partial charge in [-0.25, -0.2) is 9.97 Å². The Balaban J connectivity index is 0.00000176. The molecule has 2 rings (SSSR count). The Morgan fingerprint density at radius 2 is 2.00 bits per heavy atom. The minimum absolute atomic E-state index is 0.610. The van der Waals surface area contributed by atoms with Gasteiger partial charge in [0.15, 0.2) is 5.82 Å². The van der Waals surface area contributed by atoms with Gasteiger partial charge in [0, 0.05) is 29.1 Å². The molecular weight excluding hydrogens is 354 g/mol. The summed E-state index contributed by atoms with van der Waals surface area (Å²) in [6, 6.07) is 0. The zero-order chi connectivity index (χ0) is 20.2. The number of thioether (sulfide) groups is 1. The molecule has 0 amide bonds. The van der Waals surface area contributed by atoms with Crippen LogP contribution < -0.4 is 5.32 Å². The van der Waals surface area contributed by atoms with Crippen molar-refractivity contribution in [2.24, 2.45) is 0 Å². The quantitative estimate of drug-likeness (QED) is 0.432. The monoisotopic (exact) mass is 387 g/mol. The van der Waals surface area contributed by atoms with Crippen LogP contribution in [0.1, 0.15) is 71.0 Å². The van der Waals surface area contributed by atoms with Gasteiger partial charge in [-0.1, -0.05) is 38.5 Å². The molecule has 0 atom stereocenters. The molecule has 0 saturated carbocycles. The number of hydrogen-bond donors (Lipinski definition) is 1. The summed E-state index contributed by atoms with van der Waals surface area (Å²) in [6.07, 6.45) is 10.7. The fourth-order valence-corrected chi connectivity index (χ4v) is 3.71.